The highest BCUT2D eigenvalue weighted by Gasteiger charge is 2.12. The molecule has 0 aliphatic rings. The van der Waals surface area contributed by atoms with Crippen molar-refractivity contribution in [2.75, 3.05) is 17.2 Å². The summed E-state index contributed by atoms with van der Waals surface area (Å²) in [6.07, 6.45) is 0.797. The molecule has 25 heavy (non-hydrogen) atoms. The number of para-hydroxylation sites is 1. The van der Waals surface area contributed by atoms with Gasteiger partial charge in [0, 0.05) is 16.1 Å². The fourth-order valence-electron chi connectivity index (χ4n) is 2.51. The molecule has 6 heteroatoms. The van der Waals surface area contributed by atoms with Crippen LogP contribution in [0.5, 0.6) is 0 Å². The minimum absolute atomic E-state index is 0.0468. The van der Waals surface area contributed by atoms with E-state index in [-0.39, 0.29) is 12.6 Å². The van der Waals surface area contributed by atoms with Crippen molar-refractivity contribution in [2.45, 2.75) is 26.3 Å². The Morgan fingerprint density at radius 1 is 1.16 bits per heavy atom. The Hall–Kier alpha value is -2.37. The highest BCUT2D eigenvalue weighted by Crippen LogP contribution is 2.26. The highest BCUT2D eigenvalue weighted by atomic mass is 35.5. The van der Waals surface area contributed by atoms with Crippen LogP contribution in [-0.4, -0.2) is 27.7 Å². The van der Waals surface area contributed by atoms with Gasteiger partial charge in [-0.15, -0.1) is 0 Å². The van der Waals surface area contributed by atoms with Gasteiger partial charge in [0.05, 0.1) is 18.2 Å². The first-order valence-corrected chi connectivity index (χ1v) is 8.66. The molecular formula is C19H21ClN4O. The number of hydrogen-bond acceptors (Lipinski definition) is 5. The Bertz CT molecular complexity index is 880. The number of nitrogens with zero attached hydrogens (tertiary/aromatic N) is 2. The third-order valence-electron chi connectivity index (χ3n) is 4.09. The van der Waals surface area contributed by atoms with Gasteiger partial charge in [0.2, 0.25) is 5.95 Å². The summed E-state index contributed by atoms with van der Waals surface area (Å²) >= 11 is 6.19. The van der Waals surface area contributed by atoms with E-state index in [0.717, 1.165) is 28.6 Å². The molecule has 5 nitrogen and oxygen atoms in total. The Morgan fingerprint density at radius 2 is 1.96 bits per heavy atom. The first-order chi connectivity index (χ1) is 12.1. The molecule has 0 aliphatic carbocycles. The Morgan fingerprint density at radius 3 is 2.68 bits per heavy atom. The van der Waals surface area contributed by atoms with Gasteiger partial charge < -0.3 is 15.7 Å². The van der Waals surface area contributed by atoms with E-state index < -0.39 is 0 Å². The van der Waals surface area contributed by atoms with Crippen LogP contribution in [0.25, 0.3) is 10.9 Å². The summed E-state index contributed by atoms with van der Waals surface area (Å²) < 4.78 is 0. The Kier molecular flexibility index (Phi) is 5.36. The number of hydrogen-bond donors (Lipinski definition) is 3. The highest BCUT2D eigenvalue weighted by molar-refractivity contribution is 6.31. The zero-order chi connectivity index (χ0) is 17.8. The van der Waals surface area contributed by atoms with E-state index in [9.17, 15) is 5.11 Å². The van der Waals surface area contributed by atoms with E-state index in [2.05, 4.69) is 20.6 Å². The second kappa shape index (κ2) is 7.68. The average molecular weight is 357 g/mol. The third-order valence-corrected chi connectivity index (χ3v) is 4.49. The molecule has 0 saturated carbocycles. The van der Waals surface area contributed by atoms with Crippen LogP contribution in [0.1, 0.15) is 18.9 Å². The van der Waals surface area contributed by atoms with E-state index >= 15 is 0 Å². The molecular weight excluding hydrogens is 336 g/mol. The fraction of sp³-hybridized carbons (Fsp3) is 0.263. The van der Waals surface area contributed by atoms with Crippen molar-refractivity contribution in [3.8, 4) is 0 Å². The van der Waals surface area contributed by atoms with Crippen molar-refractivity contribution < 1.29 is 5.11 Å². The summed E-state index contributed by atoms with van der Waals surface area (Å²) in [6, 6.07) is 13.5. The van der Waals surface area contributed by atoms with Crippen LogP contribution >= 0.6 is 11.6 Å². The summed E-state index contributed by atoms with van der Waals surface area (Å²) in [4.78, 5) is 9.17. The lowest BCUT2D eigenvalue weighted by Gasteiger charge is -2.17. The van der Waals surface area contributed by atoms with Crippen LogP contribution in [0.4, 0.5) is 17.5 Å². The maximum atomic E-state index is 9.48. The lowest BCUT2D eigenvalue weighted by atomic mass is 10.2. The van der Waals surface area contributed by atoms with Gasteiger partial charge in [0.15, 0.2) is 0 Å². The topological polar surface area (TPSA) is 70.1 Å². The van der Waals surface area contributed by atoms with Gasteiger partial charge in [0.1, 0.15) is 5.82 Å². The van der Waals surface area contributed by atoms with Gasteiger partial charge in [-0.1, -0.05) is 36.7 Å². The first kappa shape index (κ1) is 17.5. The van der Waals surface area contributed by atoms with Crippen LogP contribution in [0.15, 0.2) is 42.5 Å². The molecule has 1 atom stereocenters. The van der Waals surface area contributed by atoms with Crippen LogP contribution in [0.2, 0.25) is 5.02 Å². The summed E-state index contributed by atoms with van der Waals surface area (Å²) in [5.41, 5.74) is 2.67. The molecule has 0 amide bonds. The van der Waals surface area contributed by atoms with Crippen molar-refractivity contribution >= 4 is 40.0 Å². The number of aromatic nitrogens is 2. The van der Waals surface area contributed by atoms with Gasteiger partial charge in [-0.3, -0.25) is 0 Å². The molecule has 1 aromatic heterocycles. The van der Waals surface area contributed by atoms with E-state index in [1.165, 1.54) is 0 Å². The van der Waals surface area contributed by atoms with Crippen molar-refractivity contribution in [3.63, 3.8) is 0 Å². The number of rotatable bonds is 6. The van der Waals surface area contributed by atoms with Crippen LogP contribution < -0.4 is 10.6 Å². The molecule has 0 aliphatic heterocycles. The molecule has 2 aromatic carbocycles. The number of benzene rings is 2. The summed E-state index contributed by atoms with van der Waals surface area (Å²) in [5, 5.41) is 17.6. The first-order valence-electron chi connectivity index (χ1n) is 8.28. The molecule has 3 rings (SSSR count). The standard InChI is InChI=1S/C19H21ClN4O/c1-3-13(11-25)21-18-15-6-4-5-7-17(15)23-19(24-18)22-14-9-8-12(2)16(20)10-14/h4-10,13,25H,3,11H2,1-2H3,(H2,21,22,23,24). The second-order valence-corrected chi connectivity index (χ2v) is 6.34. The number of anilines is 3. The average Bonchev–Trinajstić information content (AvgIpc) is 2.62. The largest absolute Gasteiger partial charge is 0.394 e. The van der Waals surface area contributed by atoms with Gasteiger partial charge in [-0.05, 0) is 43.2 Å². The lowest BCUT2D eigenvalue weighted by molar-refractivity contribution is 0.271. The zero-order valence-electron chi connectivity index (χ0n) is 14.3. The van der Waals surface area contributed by atoms with E-state index in [1.54, 1.807) is 0 Å². The SMILES string of the molecule is CCC(CO)Nc1nc(Nc2ccc(C)c(Cl)c2)nc2ccccc12. The Labute approximate surface area is 152 Å². The monoisotopic (exact) mass is 356 g/mol. The molecule has 0 radical (unpaired) electrons. The molecule has 1 heterocycles. The molecule has 0 bridgehead atoms. The molecule has 0 spiro atoms. The quantitative estimate of drug-likeness (QED) is 0.605. The van der Waals surface area contributed by atoms with E-state index in [0.29, 0.717) is 16.8 Å². The van der Waals surface area contributed by atoms with Crippen molar-refractivity contribution in [1.29, 1.82) is 0 Å². The van der Waals surface area contributed by atoms with Gasteiger partial charge in [-0.2, -0.15) is 4.98 Å². The predicted octanol–water partition coefficient (Wildman–Crippen LogP) is 4.52. The molecule has 130 valence electrons. The third kappa shape index (κ3) is 4.00. The summed E-state index contributed by atoms with van der Waals surface area (Å²) in [6.45, 7) is 4.02. The molecule has 3 N–H and O–H groups in total. The Balaban J connectivity index is 1.99. The molecule has 0 fully saturated rings. The molecule has 1 unspecified atom stereocenters. The number of aliphatic hydroxyl groups is 1. The van der Waals surface area contributed by atoms with Crippen molar-refractivity contribution in [1.82, 2.24) is 9.97 Å². The zero-order valence-corrected chi connectivity index (χ0v) is 15.0. The van der Waals surface area contributed by atoms with Gasteiger partial charge in [0.25, 0.3) is 0 Å². The van der Waals surface area contributed by atoms with Gasteiger partial charge >= 0.3 is 0 Å². The number of nitrogens with one attached hydrogen (secondary N) is 2. The van der Waals surface area contributed by atoms with E-state index in [1.807, 2.05) is 56.3 Å². The summed E-state index contributed by atoms with van der Waals surface area (Å²) in [7, 11) is 0. The number of aliphatic hydroxyl groups excluding tert-OH is 1. The number of fused-ring (bicyclic) bond motifs is 1. The van der Waals surface area contributed by atoms with Crippen molar-refractivity contribution in [3.05, 3.63) is 53.1 Å². The second-order valence-electron chi connectivity index (χ2n) is 5.93. The number of halogens is 1. The molecule has 3 aromatic rings. The normalized spacial score (nSPS) is 12.2. The maximum absolute atomic E-state index is 9.48. The minimum Gasteiger partial charge on any atom is -0.394 e. The smallest absolute Gasteiger partial charge is 0.229 e. The van der Waals surface area contributed by atoms with Gasteiger partial charge in [-0.25, -0.2) is 4.98 Å². The van der Waals surface area contributed by atoms with E-state index in [4.69, 9.17) is 11.6 Å². The molecule has 0 saturated heterocycles. The van der Waals surface area contributed by atoms with Crippen LogP contribution in [0, 0.1) is 6.92 Å². The number of aryl methyl sites for hydroxylation is 1. The fourth-order valence-corrected chi connectivity index (χ4v) is 2.69. The minimum atomic E-state index is -0.0556. The maximum Gasteiger partial charge on any atom is 0.229 e. The lowest BCUT2D eigenvalue weighted by Crippen LogP contribution is -2.23. The van der Waals surface area contributed by atoms with Crippen LogP contribution in [0.3, 0.4) is 0 Å². The summed E-state index contributed by atoms with van der Waals surface area (Å²) in [5.74, 6) is 1.18. The predicted molar refractivity (Wildman–Crippen MR) is 104 cm³/mol. The van der Waals surface area contributed by atoms with Crippen LogP contribution in [-0.2, 0) is 0 Å². The van der Waals surface area contributed by atoms with Crippen molar-refractivity contribution in [2.24, 2.45) is 0 Å².